The molecule has 0 saturated carbocycles. The molecule has 6 nitrogen and oxygen atoms in total. The molecule has 0 amide bonds. The molecule has 1 saturated heterocycles. The normalized spacial score (nSPS) is 17.4. The average molecular weight is 314 g/mol. The van der Waals surface area contributed by atoms with Gasteiger partial charge in [-0.15, -0.1) is 0 Å². The van der Waals surface area contributed by atoms with Crippen LogP contribution in [-0.4, -0.2) is 38.9 Å². The maximum Gasteiger partial charge on any atom is 0.225 e. The predicted molar refractivity (Wildman–Crippen MR) is 91.5 cm³/mol. The van der Waals surface area contributed by atoms with E-state index in [1.807, 2.05) is 23.3 Å². The molecule has 2 aromatic rings. The van der Waals surface area contributed by atoms with Crippen LogP contribution in [-0.2, 0) is 6.54 Å². The molecule has 0 bridgehead atoms. The van der Waals surface area contributed by atoms with Gasteiger partial charge in [0.15, 0.2) is 0 Å². The molecule has 1 aliphatic rings. The van der Waals surface area contributed by atoms with Crippen LogP contribution in [0.25, 0.3) is 0 Å². The zero-order valence-corrected chi connectivity index (χ0v) is 14.2. The van der Waals surface area contributed by atoms with Gasteiger partial charge < -0.3 is 10.2 Å². The van der Waals surface area contributed by atoms with Crippen LogP contribution in [0.3, 0.4) is 0 Å². The van der Waals surface area contributed by atoms with E-state index in [2.05, 4.69) is 52.3 Å². The Hall–Kier alpha value is -1.95. The Bertz CT molecular complexity index is 614. The molecule has 0 radical (unpaired) electrons. The van der Waals surface area contributed by atoms with Gasteiger partial charge in [-0.25, -0.2) is 9.97 Å². The van der Waals surface area contributed by atoms with Gasteiger partial charge in [0.25, 0.3) is 0 Å². The van der Waals surface area contributed by atoms with Gasteiger partial charge in [-0.2, -0.15) is 5.10 Å². The lowest BCUT2D eigenvalue weighted by Crippen LogP contribution is -2.33. The fourth-order valence-electron chi connectivity index (χ4n) is 2.85. The topological polar surface area (TPSA) is 58.9 Å². The summed E-state index contributed by atoms with van der Waals surface area (Å²) in [4.78, 5) is 11.3. The lowest BCUT2D eigenvalue weighted by atomic mass is 10.1. The van der Waals surface area contributed by atoms with Crippen LogP contribution in [0, 0.1) is 6.92 Å². The molecule has 2 atom stereocenters. The van der Waals surface area contributed by atoms with Crippen LogP contribution in [0.5, 0.6) is 0 Å². The van der Waals surface area contributed by atoms with Crippen LogP contribution in [0.4, 0.5) is 5.95 Å². The maximum atomic E-state index is 4.50. The van der Waals surface area contributed by atoms with Crippen molar-refractivity contribution in [2.45, 2.75) is 52.2 Å². The van der Waals surface area contributed by atoms with Crippen LogP contribution >= 0.6 is 0 Å². The molecule has 1 aliphatic heterocycles. The van der Waals surface area contributed by atoms with Crippen molar-refractivity contribution < 1.29 is 0 Å². The van der Waals surface area contributed by atoms with Gasteiger partial charge in [-0.05, 0) is 39.2 Å². The Labute approximate surface area is 137 Å². The number of anilines is 1. The van der Waals surface area contributed by atoms with Crippen molar-refractivity contribution in [3.63, 3.8) is 0 Å². The summed E-state index contributed by atoms with van der Waals surface area (Å²) in [5.41, 5.74) is 2.30. The van der Waals surface area contributed by atoms with Crippen molar-refractivity contribution >= 4 is 5.95 Å². The zero-order valence-electron chi connectivity index (χ0n) is 14.2. The lowest BCUT2D eigenvalue weighted by molar-refractivity contribution is 0.364. The summed E-state index contributed by atoms with van der Waals surface area (Å²) >= 11 is 0. The smallest absolute Gasteiger partial charge is 0.225 e. The number of hydrogen-bond acceptors (Lipinski definition) is 5. The van der Waals surface area contributed by atoms with Gasteiger partial charge in [-0.3, -0.25) is 4.68 Å². The summed E-state index contributed by atoms with van der Waals surface area (Å²) in [6, 6.07) is 0.612. The summed E-state index contributed by atoms with van der Waals surface area (Å²) in [5.74, 6) is 0.861. The van der Waals surface area contributed by atoms with E-state index >= 15 is 0 Å². The number of hydrogen-bond donors (Lipinski definition) is 1. The van der Waals surface area contributed by atoms with Crippen molar-refractivity contribution in [2.24, 2.45) is 0 Å². The molecule has 3 heterocycles. The summed E-state index contributed by atoms with van der Waals surface area (Å²) in [7, 11) is 0. The summed E-state index contributed by atoms with van der Waals surface area (Å²) < 4.78 is 2.01. The van der Waals surface area contributed by atoms with Crippen molar-refractivity contribution in [3.8, 4) is 0 Å². The fraction of sp³-hybridized carbons (Fsp3) is 0.588. The van der Waals surface area contributed by atoms with Gasteiger partial charge in [-0.1, -0.05) is 0 Å². The third-order valence-electron chi connectivity index (χ3n) is 4.58. The maximum absolute atomic E-state index is 4.50. The highest BCUT2D eigenvalue weighted by Gasteiger charge is 2.16. The molecule has 1 N–H and O–H groups in total. The van der Waals surface area contributed by atoms with Crippen LogP contribution in [0.15, 0.2) is 24.8 Å². The number of nitrogens with zero attached hydrogens (tertiary/aromatic N) is 5. The van der Waals surface area contributed by atoms with Crippen molar-refractivity contribution in [3.05, 3.63) is 35.9 Å². The number of rotatable bonds is 6. The molecule has 1 fully saturated rings. The van der Waals surface area contributed by atoms with Crippen molar-refractivity contribution in [2.75, 3.05) is 18.0 Å². The molecule has 3 rings (SSSR count). The predicted octanol–water partition coefficient (Wildman–Crippen LogP) is 2.32. The van der Waals surface area contributed by atoms with Gasteiger partial charge in [0, 0.05) is 49.8 Å². The molecule has 0 spiro atoms. The minimum atomic E-state index is 0.300. The first-order chi connectivity index (χ1) is 11.1. The summed E-state index contributed by atoms with van der Waals surface area (Å²) in [6.07, 6.45) is 10.3. The van der Waals surface area contributed by atoms with Crippen molar-refractivity contribution in [1.82, 2.24) is 25.1 Å². The largest absolute Gasteiger partial charge is 0.341 e. The van der Waals surface area contributed by atoms with E-state index in [4.69, 9.17) is 0 Å². The molecule has 0 aromatic carbocycles. The second kappa shape index (κ2) is 7.08. The quantitative estimate of drug-likeness (QED) is 0.887. The van der Waals surface area contributed by atoms with E-state index in [0.717, 1.165) is 31.1 Å². The van der Waals surface area contributed by atoms with E-state index in [1.165, 1.54) is 18.4 Å². The molecule has 23 heavy (non-hydrogen) atoms. The summed E-state index contributed by atoms with van der Waals surface area (Å²) in [5, 5.41) is 7.93. The second-order valence-corrected chi connectivity index (χ2v) is 6.49. The average Bonchev–Trinajstić information content (AvgIpc) is 3.24. The zero-order chi connectivity index (χ0) is 16.2. The van der Waals surface area contributed by atoms with Crippen LogP contribution < -0.4 is 10.2 Å². The van der Waals surface area contributed by atoms with Crippen molar-refractivity contribution in [1.29, 1.82) is 0 Å². The highest BCUT2D eigenvalue weighted by atomic mass is 15.3. The third kappa shape index (κ3) is 3.88. The Morgan fingerprint density at radius 3 is 2.43 bits per heavy atom. The van der Waals surface area contributed by atoms with E-state index in [1.54, 1.807) is 0 Å². The third-order valence-corrected chi connectivity index (χ3v) is 4.58. The Morgan fingerprint density at radius 1 is 1.13 bits per heavy atom. The number of aryl methyl sites for hydroxylation is 1. The Morgan fingerprint density at radius 2 is 1.83 bits per heavy atom. The van der Waals surface area contributed by atoms with Gasteiger partial charge in [0.05, 0.1) is 12.2 Å². The van der Waals surface area contributed by atoms with Crippen LogP contribution in [0.1, 0.15) is 43.9 Å². The molecule has 6 heteroatoms. The molecule has 124 valence electrons. The lowest BCUT2D eigenvalue weighted by Gasteiger charge is -2.22. The minimum Gasteiger partial charge on any atom is -0.341 e. The Kier molecular flexibility index (Phi) is 4.91. The second-order valence-electron chi connectivity index (χ2n) is 6.49. The summed E-state index contributed by atoms with van der Waals surface area (Å²) in [6.45, 7) is 9.35. The highest BCUT2D eigenvalue weighted by Crippen LogP contribution is 2.15. The van der Waals surface area contributed by atoms with E-state index in [0.29, 0.717) is 12.1 Å². The van der Waals surface area contributed by atoms with Gasteiger partial charge in [0.1, 0.15) is 0 Å². The molecular formula is C17H26N6. The Balaban J connectivity index is 1.53. The van der Waals surface area contributed by atoms with Gasteiger partial charge in [0.2, 0.25) is 5.95 Å². The fourth-order valence-corrected chi connectivity index (χ4v) is 2.85. The molecule has 2 aromatic heterocycles. The SMILES string of the molecule is Cc1cnn(C(C)C(C)NCc2cnc(N3CCCC3)nc2)c1. The first kappa shape index (κ1) is 15.9. The first-order valence-electron chi connectivity index (χ1n) is 8.43. The minimum absolute atomic E-state index is 0.300. The monoisotopic (exact) mass is 314 g/mol. The van der Waals surface area contributed by atoms with E-state index < -0.39 is 0 Å². The van der Waals surface area contributed by atoms with Crippen LogP contribution in [0.2, 0.25) is 0 Å². The molecule has 0 aliphatic carbocycles. The number of aromatic nitrogens is 4. The first-order valence-corrected chi connectivity index (χ1v) is 8.43. The highest BCUT2D eigenvalue weighted by molar-refractivity contribution is 5.30. The van der Waals surface area contributed by atoms with Gasteiger partial charge >= 0.3 is 0 Å². The molecular weight excluding hydrogens is 288 g/mol. The molecule has 2 unspecified atom stereocenters. The van der Waals surface area contributed by atoms with E-state index in [9.17, 15) is 0 Å². The number of nitrogens with one attached hydrogen (secondary N) is 1. The van der Waals surface area contributed by atoms with E-state index in [-0.39, 0.29) is 0 Å². The standard InChI is InChI=1S/C17H26N6/c1-13-8-21-23(12-13)15(3)14(2)18-9-16-10-19-17(20-11-16)22-6-4-5-7-22/h8,10-12,14-15,18H,4-7,9H2,1-3H3.